The Balaban J connectivity index is 1.80. The molecule has 0 saturated carbocycles. The number of nitrogens with one attached hydrogen (secondary N) is 1. The molecule has 3 aromatic rings. The van der Waals surface area contributed by atoms with Crippen LogP contribution in [0.5, 0.6) is 5.75 Å². The molecule has 0 atom stereocenters. The Morgan fingerprint density at radius 3 is 2.76 bits per heavy atom. The fourth-order valence-electron chi connectivity index (χ4n) is 2.44. The van der Waals surface area contributed by atoms with Crippen molar-refractivity contribution in [2.45, 2.75) is 20.5 Å². The zero-order chi connectivity index (χ0) is 17.6. The predicted octanol–water partition coefficient (Wildman–Crippen LogP) is 3.54. The van der Waals surface area contributed by atoms with Crippen molar-refractivity contribution in [3.05, 3.63) is 65.4 Å². The monoisotopic (exact) mass is 337 g/mol. The summed E-state index contributed by atoms with van der Waals surface area (Å²) in [7, 11) is 0. The van der Waals surface area contributed by atoms with Gasteiger partial charge in [-0.25, -0.2) is 4.79 Å². The van der Waals surface area contributed by atoms with E-state index in [4.69, 9.17) is 9.47 Å². The zero-order valence-electron chi connectivity index (χ0n) is 14.2. The fraction of sp³-hybridized carbons (Fsp3) is 0.211. The largest absolute Gasteiger partial charge is 0.489 e. The summed E-state index contributed by atoms with van der Waals surface area (Å²) >= 11 is 0. The van der Waals surface area contributed by atoms with Crippen LogP contribution in [0.4, 0.5) is 0 Å². The minimum absolute atomic E-state index is 0.165. The smallest absolute Gasteiger partial charge is 0.361 e. The second-order valence-corrected chi connectivity index (χ2v) is 5.48. The van der Waals surface area contributed by atoms with E-state index in [0.717, 1.165) is 11.1 Å². The van der Waals surface area contributed by atoms with E-state index in [1.807, 2.05) is 42.5 Å². The maximum absolute atomic E-state index is 12.0. The highest BCUT2D eigenvalue weighted by atomic mass is 16.5. The molecule has 0 saturated heterocycles. The molecule has 0 bridgehead atoms. The van der Waals surface area contributed by atoms with Crippen LogP contribution in [0.1, 0.15) is 28.5 Å². The molecule has 25 heavy (non-hydrogen) atoms. The van der Waals surface area contributed by atoms with Gasteiger partial charge in [-0.1, -0.05) is 36.4 Å². The number of esters is 1. The van der Waals surface area contributed by atoms with Gasteiger partial charge in [-0.2, -0.15) is 10.3 Å². The number of benzene rings is 2. The quantitative estimate of drug-likeness (QED) is 0.696. The number of ether oxygens (including phenoxy) is 2. The van der Waals surface area contributed by atoms with E-state index in [-0.39, 0.29) is 12.3 Å². The van der Waals surface area contributed by atoms with Gasteiger partial charge in [-0.15, -0.1) is 5.10 Å². The van der Waals surface area contributed by atoms with Gasteiger partial charge in [0.25, 0.3) is 0 Å². The SMILES string of the molecule is CCOC(=O)c1n[nH]nc1-c1cccc(OCc2ccccc2C)c1. The molecule has 6 heteroatoms. The van der Waals surface area contributed by atoms with Gasteiger partial charge in [-0.3, -0.25) is 0 Å². The Morgan fingerprint density at radius 2 is 1.96 bits per heavy atom. The lowest BCUT2D eigenvalue weighted by molar-refractivity contribution is 0.0520. The van der Waals surface area contributed by atoms with E-state index < -0.39 is 5.97 Å². The average molecular weight is 337 g/mol. The molecule has 6 nitrogen and oxygen atoms in total. The summed E-state index contributed by atoms with van der Waals surface area (Å²) in [5, 5.41) is 10.4. The highest BCUT2D eigenvalue weighted by molar-refractivity contribution is 5.93. The first-order chi connectivity index (χ1) is 12.2. The number of nitrogens with zero attached hydrogens (tertiary/aromatic N) is 2. The number of carbonyl (C=O) groups is 1. The lowest BCUT2D eigenvalue weighted by atomic mass is 10.1. The van der Waals surface area contributed by atoms with E-state index >= 15 is 0 Å². The van der Waals surface area contributed by atoms with Crippen LogP contribution in [0.2, 0.25) is 0 Å². The van der Waals surface area contributed by atoms with Gasteiger partial charge in [-0.05, 0) is 37.1 Å². The second kappa shape index (κ2) is 7.61. The maximum Gasteiger partial charge on any atom is 0.361 e. The molecule has 0 aliphatic rings. The Bertz CT molecular complexity index is 874. The van der Waals surface area contributed by atoms with Crippen molar-refractivity contribution in [2.75, 3.05) is 6.61 Å². The minimum atomic E-state index is -0.502. The van der Waals surface area contributed by atoms with Crippen molar-refractivity contribution in [3.8, 4) is 17.0 Å². The molecular weight excluding hydrogens is 318 g/mol. The Labute approximate surface area is 145 Å². The highest BCUT2D eigenvalue weighted by Crippen LogP contribution is 2.25. The van der Waals surface area contributed by atoms with Crippen molar-refractivity contribution >= 4 is 5.97 Å². The number of hydrogen-bond donors (Lipinski definition) is 1. The number of aromatic nitrogens is 3. The Hall–Kier alpha value is -3.15. The van der Waals surface area contributed by atoms with Crippen molar-refractivity contribution in [1.29, 1.82) is 0 Å². The molecular formula is C19H19N3O3. The molecule has 1 heterocycles. The summed E-state index contributed by atoms with van der Waals surface area (Å²) in [5.74, 6) is 0.191. The van der Waals surface area contributed by atoms with Gasteiger partial charge >= 0.3 is 5.97 Å². The van der Waals surface area contributed by atoms with Crippen LogP contribution in [-0.4, -0.2) is 28.0 Å². The topological polar surface area (TPSA) is 77.1 Å². The Morgan fingerprint density at radius 1 is 1.12 bits per heavy atom. The molecule has 0 radical (unpaired) electrons. The van der Waals surface area contributed by atoms with E-state index in [9.17, 15) is 4.79 Å². The van der Waals surface area contributed by atoms with Gasteiger partial charge in [0.05, 0.1) is 6.61 Å². The highest BCUT2D eigenvalue weighted by Gasteiger charge is 2.19. The molecule has 1 N–H and O–H groups in total. The second-order valence-electron chi connectivity index (χ2n) is 5.48. The van der Waals surface area contributed by atoms with Gasteiger partial charge in [0, 0.05) is 5.56 Å². The number of aryl methyl sites for hydroxylation is 1. The molecule has 3 rings (SSSR count). The number of aromatic amines is 1. The maximum atomic E-state index is 12.0. The summed E-state index contributed by atoms with van der Waals surface area (Å²) < 4.78 is 10.9. The summed E-state index contributed by atoms with van der Waals surface area (Å²) in [6.45, 7) is 4.55. The van der Waals surface area contributed by atoms with Gasteiger partial charge in [0.15, 0.2) is 5.69 Å². The van der Waals surface area contributed by atoms with Crippen LogP contribution >= 0.6 is 0 Å². The normalized spacial score (nSPS) is 10.5. The zero-order valence-corrected chi connectivity index (χ0v) is 14.2. The van der Waals surface area contributed by atoms with Crippen molar-refractivity contribution in [3.63, 3.8) is 0 Å². The third kappa shape index (κ3) is 3.85. The van der Waals surface area contributed by atoms with Crippen molar-refractivity contribution in [2.24, 2.45) is 0 Å². The minimum Gasteiger partial charge on any atom is -0.489 e. The van der Waals surface area contributed by atoms with Crippen LogP contribution < -0.4 is 4.74 Å². The van der Waals surface area contributed by atoms with Crippen LogP contribution in [0.3, 0.4) is 0 Å². The number of rotatable bonds is 6. The van der Waals surface area contributed by atoms with Crippen LogP contribution in [0, 0.1) is 6.92 Å². The first-order valence-electron chi connectivity index (χ1n) is 8.04. The van der Waals surface area contributed by atoms with E-state index in [1.165, 1.54) is 5.56 Å². The number of H-pyrrole nitrogens is 1. The molecule has 0 fully saturated rings. The Kier molecular flexibility index (Phi) is 5.09. The van der Waals surface area contributed by atoms with Gasteiger partial charge in [0.2, 0.25) is 0 Å². The van der Waals surface area contributed by atoms with E-state index in [1.54, 1.807) is 6.92 Å². The summed E-state index contributed by atoms with van der Waals surface area (Å²) in [4.78, 5) is 12.0. The molecule has 1 aromatic heterocycles. The van der Waals surface area contributed by atoms with Gasteiger partial charge in [0.1, 0.15) is 18.1 Å². The van der Waals surface area contributed by atoms with E-state index in [2.05, 4.69) is 28.4 Å². The van der Waals surface area contributed by atoms with Crippen LogP contribution in [0.15, 0.2) is 48.5 Å². The summed E-state index contributed by atoms with van der Waals surface area (Å²) in [6.07, 6.45) is 0. The van der Waals surface area contributed by atoms with Crippen molar-refractivity contribution < 1.29 is 14.3 Å². The predicted molar refractivity (Wildman–Crippen MR) is 93.3 cm³/mol. The molecule has 0 unspecified atom stereocenters. The lowest BCUT2D eigenvalue weighted by Gasteiger charge is -2.09. The summed E-state index contributed by atoms with van der Waals surface area (Å²) in [5.41, 5.74) is 3.65. The summed E-state index contributed by atoms with van der Waals surface area (Å²) in [6, 6.07) is 15.5. The number of carbonyl (C=O) groups excluding carboxylic acids is 1. The van der Waals surface area contributed by atoms with E-state index in [0.29, 0.717) is 18.1 Å². The lowest BCUT2D eigenvalue weighted by Crippen LogP contribution is -2.06. The van der Waals surface area contributed by atoms with Gasteiger partial charge < -0.3 is 9.47 Å². The average Bonchev–Trinajstić information content (AvgIpc) is 3.11. The molecule has 0 aliphatic heterocycles. The molecule has 0 amide bonds. The first-order valence-corrected chi connectivity index (χ1v) is 8.04. The molecule has 2 aromatic carbocycles. The number of hydrogen-bond acceptors (Lipinski definition) is 5. The van der Waals surface area contributed by atoms with Crippen LogP contribution in [-0.2, 0) is 11.3 Å². The molecule has 0 aliphatic carbocycles. The van der Waals surface area contributed by atoms with Crippen molar-refractivity contribution in [1.82, 2.24) is 15.4 Å². The fourth-order valence-corrected chi connectivity index (χ4v) is 2.44. The molecule has 128 valence electrons. The molecule has 0 spiro atoms. The third-order valence-corrected chi connectivity index (χ3v) is 3.78. The third-order valence-electron chi connectivity index (χ3n) is 3.78. The standard InChI is InChI=1S/C19H19N3O3/c1-3-24-19(23)18-17(20-22-21-18)14-9-6-10-16(11-14)25-12-15-8-5-4-7-13(15)2/h4-11H,3,12H2,1-2H3,(H,20,21,22). The van der Waals surface area contributed by atoms with Crippen LogP contribution in [0.25, 0.3) is 11.3 Å². The first kappa shape index (κ1) is 16.7.